The van der Waals surface area contributed by atoms with Gasteiger partial charge in [0.1, 0.15) is 18.1 Å². The van der Waals surface area contributed by atoms with E-state index in [2.05, 4.69) is 45.9 Å². The molecular formula is C24H38IN6O16P3. The molecule has 50 heavy (non-hydrogen) atoms. The van der Waals surface area contributed by atoms with E-state index in [1.807, 2.05) is 22.6 Å². The number of ether oxygens (including phenoxy) is 1. The fraction of sp³-hybridized carbons (Fsp3) is 0.625. The van der Waals surface area contributed by atoms with Gasteiger partial charge in [-0.15, -0.1) is 0 Å². The topological polar surface area (TPSA) is 337 Å². The summed E-state index contributed by atoms with van der Waals surface area (Å²) in [6, 6.07) is 0. The number of nitrogens with one attached hydrogen (secondary N) is 3. The number of carbonyl (C=O) groups excluding carboxylic acids is 3. The van der Waals surface area contributed by atoms with E-state index in [1.54, 1.807) is 0 Å². The fourth-order valence-electron chi connectivity index (χ4n) is 4.09. The maximum absolute atomic E-state index is 12.5. The van der Waals surface area contributed by atoms with Crippen LogP contribution in [0.15, 0.2) is 11.0 Å². The summed E-state index contributed by atoms with van der Waals surface area (Å²) in [6.45, 7) is -0.0953. The number of amides is 3. The van der Waals surface area contributed by atoms with Crippen molar-refractivity contribution in [1.29, 1.82) is 0 Å². The lowest BCUT2D eigenvalue weighted by Crippen LogP contribution is -2.29. The minimum Gasteiger partial charge on any atom is -0.390 e. The number of aliphatic hydroxyl groups excluding tert-OH is 1. The number of aromatic nitrogens is 2. The highest BCUT2D eigenvalue weighted by atomic mass is 127. The third kappa shape index (κ3) is 17.3. The molecule has 10 N–H and O–H groups in total. The Morgan fingerprint density at radius 2 is 1.62 bits per heavy atom. The molecule has 1 aliphatic heterocycles. The van der Waals surface area contributed by atoms with E-state index in [1.165, 1.54) is 6.20 Å². The van der Waals surface area contributed by atoms with Gasteiger partial charge >= 0.3 is 29.2 Å². The van der Waals surface area contributed by atoms with Crippen LogP contribution in [0.25, 0.3) is 0 Å². The lowest BCUT2D eigenvalue weighted by Gasteiger charge is -2.19. The van der Waals surface area contributed by atoms with Crippen LogP contribution in [0.1, 0.15) is 56.7 Å². The highest BCUT2D eigenvalue weighted by Gasteiger charge is 2.43. The second-order valence-electron chi connectivity index (χ2n) is 10.4. The molecule has 0 radical (unpaired) electrons. The van der Waals surface area contributed by atoms with Crippen LogP contribution in [0.3, 0.4) is 0 Å². The zero-order valence-corrected chi connectivity index (χ0v) is 31.1. The first-order valence-corrected chi connectivity index (χ1v) is 20.7. The molecule has 2 heterocycles. The SMILES string of the molecule is Nc1nc(=O)n([C@H]2CC(O)[C@@H](COP(=O)(O)OP(=O)(O)OP(=O)(O)O)O2)cc1C#CCNC(=O)CCCCCNC(=O)CCCNC(=O)CI. The molecule has 0 aromatic carbocycles. The summed E-state index contributed by atoms with van der Waals surface area (Å²) in [4.78, 5) is 87.3. The Kier molecular flexibility index (Phi) is 18.1. The van der Waals surface area contributed by atoms with Gasteiger partial charge in [-0.2, -0.15) is 13.6 Å². The third-order valence-electron chi connectivity index (χ3n) is 6.34. The first-order chi connectivity index (χ1) is 23.3. The molecule has 22 nitrogen and oxygen atoms in total. The van der Waals surface area contributed by atoms with Crippen molar-refractivity contribution in [1.82, 2.24) is 25.5 Å². The summed E-state index contributed by atoms with van der Waals surface area (Å²) in [7, 11) is -16.8. The summed E-state index contributed by atoms with van der Waals surface area (Å²) in [5, 5.41) is 18.4. The van der Waals surface area contributed by atoms with Crippen molar-refractivity contribution in [3.8, 4) is 11.8 Å². The Morgan fingerprint density at radius 1 is 0.980 bits per heavy atom. The van der Waals surface area contributed by atoms with Gasteiger partial charge in [-0.1, -0.05) is 40.9 Å². The summed E-state index contributed by atoms with van der Waals surface area (Å²) in [5.41, 5.74) is 4.97. The lowest BCUT2D eigenvalue weighted by molar-refractivity contribution is -0.122. The number of nitrogens with zero attached hydrogens (tertiary/aromatic N) is 2. The molecule has 3 unspecified atom stereocenters. The fourth-order valence-corrected chi connectivity index (χ4v) is 7.39. The third-order valence-corrected chi connectivity index (χ3v) is 10.8. The Balaban J connectivity index is 1.78. The van der Waals surface area contributed by atoms with Crippen molar-refractivity contribution >= 4 is 69.6 Å². The van der Waals surface area contributed by atoms with Crippen LogP contribution < -0.4 is 27.4 Å². The molecule has 5 atom stereocenters. The summed E-state index contributed by atoms with van der Waals surface area (Å²) >= 11 is 1.95. The Hall–Kier alpha value is -2.29. The van der Waals surface area contributed by atoms with Crippen molar-refractivity contribution in [2.45, 2.75) is 63.4 Å². The molecule has 1 aromatic heterocycles. The van der Waals surface area contributed by atoms with Gasteiger partial charge in [0.25, 0.3) is 0 Å². The van der Waals surface area contributed by atoms with Crippen LogP contribution in [0.5, 0.6) is 0 Å². The highest BCUT2D eigenvalue weighted by molar-refractivity contribution is 14.1. The van der Waals surface area contributed by atoms with Gasteiger partial charge in [-0.25, -0.2) is 18.5 Å². The van der Waals surface area contributed by atoms with Gasteiger partial charge in [0.05, 0.1) is 29.2 Å². The van der Waals surface area contributed by atoms with E-state index in [9.17, 15) is 47.8 Å². The number of nitrogens with two attached hydrogens (primary N) is 1. The largest absolute Gasteiger partial charge is 0.490 e. The number of aliphatic hydroxyl groups is 1. The number of hydrogen-bond acceptors (Lipinski definition) is 14. The summed E-state index contributed by atoms with van der Waals surface area (Å²) in [5.74, 6) is 4.66. The van der Waals surface area contributed by atoms with Crippen molar-refractivity contribution in [2.24, 2.45) is 0 Å². The molecule has 0 aliphatic carbocycles. The number of nitrogen functional groups attached to an aromatic ring is 1. The van der Waals surface area contributed by atoms with E-state index < -0.39 is 54.2 Å². The summed E-state index contributed by atoms with van der Waals surface area (Å²) < 4.78 is 52.7. The molecule has 1 saturated heterocycles. The number of phosphoric ester groups is 1. The number of unbranched alkanes of at least 4 members (excludes halogenated alkanes) is 2. The van der Waals surface area contributed by atoms with Crippen LogP contribution in [0, 0.1) is 11.8 Å². The molecule has 2 rings (SSSR count). The molecule has 1 aliphatic rings. The normalized spacial score (nSPS) is 19.8. The van der Waals surface area contributed by atoms with Crippen molar-refractivity contribution in [2.75, 3.05) is 36.4 Å². The van der Waals surface area contributed by atoms with Gasteiger partial charge in [-0.05, 0) is 19.3 Å². The Bertz CT molecular complexity index is 1610. The number of phosphoric acid groups is 3. The van der Waals surface area contributed by atoms with E-state index in [0.29, 0.717) is 49.6 Å². The number of carbonyl (C=O) groups is 3. The number of alkyl halides is 1. The average Bonchev–Trinajstić information content (AvgIpc) is 3.36. The second kappa shape index (κ2) is 20.7. The van der Waals surface area contributed by atoms with Crippen LogP contribution >= 0.6 is 46.1 Å². The van der Waals surface area contributed by atoms with Crippen molar-refractivity contribution < 1.29 is 70.6 Å². The van der Waals surface area contributed by atoms with Gasteiger partial charge in [0.2, 0.25) is 17.7 Å². The molecule has 3 amide bonds. The first-order valence-electron chi connectivity index (χ1n) is 14.7. The molecule has 0 saturated carbocycles. The van der Waals surface area contributed by atoms with Crippen LogP contribution in [0.2, 0.25) is 0 Å². The maximum Gasteiger partial charge on any atom is 0.490 e. The molecular weight excluding hydrogens is 848 g/mol. The Morgan fingerprint density at radius 3 is 2.30 bits per heavy atom. The van der Waals surface area contributed by atoms with Gasteiger partial charge in [0, 0.05) is 38.5 Å². The Labute approximate surface area is 298 Å². The quantitative estimate of drug-likeness (QED) is 0.0257. The molecule has 0 bridgehead atoms. The van der Waals surface area contributed by atoms with Crippen molar-refractivity contribution in [3.63, 3.8) is 0 Å². The minimum absolute atomic E-state index is 0.0624. The molecule has 1 fully saturated rings. The summed E-state index contributed by atoms with van der Waals surface area (Å²) in [6.07, 6.45) is -0.0379. The van der Waals surface area contributed by atoms with Gasteiger partial charge in [0.15, 0.2) is 0 Å². The average molecular weight is 886 g/mol. The molecule has 1 aromatic rings. The van der Waals surface area contributed by atoms with Crippen LogP contribution in [-0.2, 0) is 46.0 Å². The van der Waals surface area contributed by atoms with Crippen molar-refractivity contribution in [3.05, 3.63) is 22.2 Å². The predicted octanol–water partition coefficient (Wildman–Crippen LogP) is -0.707. The van der Waals surface area contributed by atoms with Gasteiger partial charge < -0.3 is 51.1 Å². The molecule has 26 heteroatoms. The second-order valence-corrected chi connectivity index (χ2v) is 15.6. The van der Waals surface area contributed by atoms with Crippen LogP contribution in [0.4, 0.5) is 5.82 Å². The number of anilines is 1. The zero-order chi connectivity index (χ0) is 37.5. The van der Waals surface area contributed by atoms with E-state index in [0.717, 1.165) is 4.57 Å². The number of halogens is 1. The van der Waals surface area contributed by atoms with Gasteiger partial charge in [-0.3, -0.25) is 23.5 Å². The zero-order valence-electron chi connectivity index (χ0n) is 26.2. The molecule has 282 valence electrons. The first kappa shape index (κ1) is 43.9. The molecule has 0 spiro atoms. The number of hydrogen-bond donors (Lipinski definition) is 9. The number of rotatable bonds is 20. The minimum atomic E-state index is -5.75. The van der Waals surface area contributed by atoms with E-state index >= 15 is 0 Å². The monoisotopic (exact) mass is 886 g/mol. The lowest BCUT2D eigenvalue weighted by atomic mass is 10.2. The predicted molar refractivity (Wildman–Crippen MR) is 180 cm³/mol. The maximum atomic E-state index is 12.5. The standard InChI is InChI=1S/C24H38IN6O16P3/c25-13-21(35)29-11-5-8-20(34)27-9-3-1-2-7-19(33)28-10-4-6-16-14-31(24(36)30-23(16)26)22-12-17(32)18(45-22)15-44-49(40,41)47-50(42,43)46-48(37,38)39/h14,17-18,22,32H,1-3,5,7-13,15H2,(H,27,34)(H,28,33)(H,29,35)(H,40,41)(H,42,43)(H2,26,30,36)(H2,37,38,39)/t17?,18-,22-/m1/s1. The highest BCUT2D eigenvalue weighted by Crippen LogP contribution is 2.66. The smallest absolute Gasteiger partial charge is 0.390 e. The van der Waals surface area contributed by atoms with E-state index in [-0.39, 0.29) is 48.5 Å². The van der Waals surface area contributed by atoms with Crippen LogP contribution in [-0.4, -0.2) is 94.8 Å². The van der Waals surface area contributed by atoms with E-state index in [4.69, 9.17) is 20.3 Å².